The fraction of sp³-hybridized carbons (Fsp3) is 0.250. The maximum atomic E-state index is 16.9. The number of phenolic OH excluding ortho intramolecular Hbond substituents is 1. The van der Waals surface area contributed by atoms with Crippen LogP contribution in [0.25, 0.3) is 32.1 Å². The van der Waals surface area contributed by atoms with Crippen molar-refractivity contribution in [2.45, 2.75) is 38.5 Å². The normalized spacial score (nSPS) is 17.3. The van der Waals surface area contributed by atoms with Crippen LogP contribution in [0.2, 0.25) is 5.02 Å². The maximum Gasteiger partial charge on any atom is 0.319 e. The highest BCUT2D eigenvalue weighted by molar-refractivity contribution is 7.23. The molecule has 0 aliphatic carbocycles. The van der Waals surface area contributed by atoms with Gasteiger partial charge in [0.1, 0.15) is 45.9 Å². The van der Waals surface area contributed by atoms with Crippen molar-refractivity contribution in [2.24, 2.45) is 0 Å². The average molecular weight is 681 g/mol. The SMILES string of the molecule is C[C@H](Oc1nc(N[C@H](C)c2cccnc2N)c2c(O)c(Cl)c(-c3ccc(F)c4sc(N)c(C#N)c34)c(F)c2n1)[C@@H]1/C(=C\F)CCN1C. The van der Waals surface area contributed by atoms with Crippen LogP contribution in [0.4, 0.5) is 29.8 Å². The molecule has 4 heterocycles. The monoisotopic (exact) mass is 680 g/mol. The van der Waals surface area contributed by atoms with E-state index >= 15 is 4.39 Å². The lowest BCUT2D eigenvalue weighted by molar-refractivity contribution is 0.126. The van der Waals surface area contributed by atoms with Crippen LogP contribution in [0.1, 0.15) is 37.4 Å². The number of aromatic nitrogens is 3. The highest BCUT2D eigenvalue weighted by atomic mass is 35.5. The van der Waals surface area contributed by atoms with Crippen molar-refractivity contribution >= 4 is 60.6 Å². The van der Waals surface area contributed by atoms with Crippen LogP contribution in [0, 0.1) is 23.0 Å². The van der Waals surface area contributed by atoms with Gasteiger partial charge in [0.05, 0.1) is 39.1 Å². The van der Waals surface area contributed by atoms with Crippen LogP contribution in [0.15, 0.2) is 42.4 Å². The third kappa shape index (κ3) is 5.40. The summed E-state index contributed by atoms with van der Waals surface area (Å²) >= 11 is 7.51. The van der Waals surface area contributed by atoms with Gasteiger partial charge >= 0.3 is 6.01 Å². The molecule has 6 N–H and O–H groups in total. The topological polar surface area (TPSA) is 159 Å². The maximum absolute atomic E-state index is 16.9. The van der Waals surface area contributed by atoms with Crippen LogP contribution < -0.4 is 21.5 Å². The van der Waals surface area contributed by atoms with E-state index in [2.05, 4.69) is 20.3 Å². The lowest BCUT2D eigenvalue weighted by Gasteiger charge is -2.27. The summed E-state index contributed by atoms with van der Waals surface area (Å²) < 4.78 is 51.6. The van der Waals surface area contributed by atoms with E-state index in [1.54, 1.807) is 26.0 Å². The Hall–Kier alpha value is -4.84. The quantitative estimate of drug-likeness (QED) is 0.140. The lowest BCUT2D eigenvalue weighted by Crippen LogP contribution is -2.39. The molecule has 0 bridgehead atoms. The minimum Gasteiger partial charge on any atom is -0.506 e. The van der Waals surface area contributed by atoms with Gasteiger partial charge in [-0.1, -0.05) is 23.7 Å². The van der Waals surface area contributed by atoms with E-state index in [0.717, 1.165) is 17.4 Å². The molecule has 5 aromatic rings. The largest absolute Gasteiger partial charge is 0.506 e. The first-order chi connectivity index (χ1) is 22.5. The van der Waals surface area contributed by atoms with Crippen LogP contribution in [-0.4, -0.2) is 50.7 Å². The van der Waals surface area contributed by atoms with Gasteiger partial charge in [0.25, 0.3) is 0 Å². The van der Waals surface area contributed by atoms with Gasteiger partial charge in [-0.25, -0.2) is 18.2 Å². The number of phenols is 1. The molecule has 6 rings (SSSR count). The third-order valence-corrected chi connectivity index (χ3v) is 9.75. The number of nitrogens with one attached hydrogen (secondary N) is 1. The second-order valence-electron chi connectivity index (χ2n) is 11.2. The zero-order chi connectivity index (χ0) is 33.7. The number of thiophene rings is 1. The molecule has 10 nitrogen and oxygen atoms in total. The Morgan fingerprint density at radius 2 is 2.00 bits per heavy atom. The number of likely N-dealkylation sites (tertiary alicyclic amines) is 1. The average Bonchev–Trinajstić information content (AvgIpc) is 3.60. The van der Waals surface area contributed by atoms with Gasteiger partial charge in [0, 0.05) is 29.3 Å². The van der Waals surface area contributed by atoms with Crippen molar-refractivity contribution in [1.29, 1.82) is 5.26 Å². The smallest absolute Gasteiger partial charge is 0.319 e. The van der Waals surface area contributed by atoms with Crippen molar-refractivity contribution in [3.05, 3.63) is 70.1 Å². The minimum atomic E-state index is -0.997. The summed E-state index contributed by atoms with van der Waals surface area (Å²) in [7, 11) is 1.83. The van der Waals surface area contributed by atoms with Gasteiger partial charge in [-0.2, -0.15) is 15.2 Å². The highest BCUT2D eigenvalue weighted by Crippen LogP contribution is 2.49. The number of rotatable bonds is 7. The summed E-state index contributed by atoms with van der Waals surface area (Å²) in [6, 6.07) is 6.48. The van der Waals surface area contributed by atoms with Crippen LogP contribution >= 0.6 is 22.9 Å². The number of aromatic hydroxyl groups is 1. The second-order valence-corrected chi connectivity index (χ2v) is 12.6. The Morgan fingerprint density at radius 1 is 1.23 bits per heavy atom. The second kappa shape index (κ2) is 12.4. The third-order valence-electron chi connectivity index (χ3n) is 8.35. The number of halogens is 4. The van der Waals surface area contributed by atoms with E-state index in [9.17, 15) is 19.1 Å². The molecule has 2 aromatic carbocycles. The number of benzene rings is 2. The van der Waals surface area contributed by atoms with Crippen LogP contribution in [0.5, 0.6) is 11.8 Å². The molecule has 1 aliphatic heterocycles. The van der Waals surface area contributed by atoms with Crippen LogP contribution in [-0.2, 0) is 0 Å². The highest BCUT2D eigenvalue weighted by Gasteiger charge is 2.34. The van der Waals surface area contributed by atoms with Crippen molar-refractivity contribution in [3.63, 3.8) is 0 Å². The van der Waals surface area contributed by atoms with Gasteiger partial charge in [0.2, 0.25) is 0 Å². The standard InChI is InChI=1S/C32H28ClF3N8O2S/c1-13(16-5-4-9-40-29(16)38)41-31-22-25(42-32(43-31)46-14(2)26-15(11-34)8-10-44(26)3)24(36)21(23(33)27(22)45)17-6-7-19(35)28-20(17)18(12-37)30(39)47-28/h4-7,9,11,13-14,26,45H,8,10,39H2,1-3H3,(H2,38,40)(H,41,42,43)/b15-11-/t13-,14+,26-/m1/s1. The van der Waals surface area contributed by atoms with Crippen LogP contribution in [0.3, 0.4) is 0 Å². The Kier molecular flexibility index (Phi) is 8.47. The van der Waals surface area contributed by atoms with E-state index in [1.807, 2.05) is 18.0 Å². The van der Waals surface area contributed by atoms with Gasteiger partial charge in [-0.3, -0.25) is 4.90 Å². The number of pyridine rings is 1. The number of ether oxygens (including phenoxy) is 1. The number of likely N-dealkylation sites (N-methyl/N-ethyl adjacent to an activating group) is 1. The first kappa shape index (κ1) is 32.1. The molecule has 1 saturated heterocycles. The van der Waals surface area contributed by atoms with Crippen molar-refractivity contribution < 1.29 is 23.0 Å². The number of hydrogen-bond acceptors (Lipinski definition) is 11. The number of anilines is 3. The summed E-state index contributed by atoms with van der Waals surface area (Å²) in [4.78, 5) is 14.9. The molecule has 15 heteroatoms. The summed E-state index contributed by atoms with van der Waals surface area (Å²) in [5.41, 5.74) is 12.5. The molecule has 1 fully saturated rings. The predicted octanol–water partition coefficient (Wildman–Crippen LogP) is 7.08. The van der Waals surface area contributed by atoms with Gasteiger partial charge < -0.3 is 26.6 Å². The number of fused-ring (bicyclic) bond motifs is 2. The molecule has 47 heavy (non-hydrogen) atoms. The first-order valence-corrected chi connectivity index (χ1v) is 15.6. The van der Waals surface area contributed by atoms with Crippen molar-refractivity contribution in [3.8, 4) is 29.0 Å². The Morgan fingerprint density at radius 3 is 2.70 bits per heavy atom. The number of nitrogen functional groups attached to an aromatic ring is 2. The van der Waals surface area contributed by atoms with E-state index in [-0.39, 0.29) is 60.3 Å². The molecule has 0 amide bonds. The number of nitrogens with two attached hydrogens (primary N) is 2. The molecule has 3 atom stereocenters. The van der Waals surface area contributed by atoms with Gasteiger partial charge in [-0.15, -0.1) is 11.3 Å². The zero-order valence-electron chi connectivity index (χ0n) is 25.3. The summed E-state index contributed by atoms with van der Waals surface area (Å²) in [6.07, 6.45) is 1.93. The predicted molar refractivity (Wildman–Crippen MR) is 177 cm³/mol. The van der Waals surface area contributed by atoms with Gasteiger partial charge in [-0.05, 0) is 50.6 Å². The zero-order valence-corrected chi connectivity index (χ0v) is 26.8. The molecule has 0 unspecified atom stereocenters. The first-order valence-electron chi connectivity index (χ1n) is 14.4. The Labute approximate surface area is 276 Å². The molecule has 1 aliphatic rings. The minimum absolute atomic E-state index is 0.0229. The number of nitriles is 1. The van der Waals surface area contributed by atoms with E-state index in [4.69, 9.17) is 27.8 Å². The summed E-state index contributed by atoms with van der Waals surface area (Å²) in [5.74, 6) is -2.04. The number of hydrogen-bond donors (Lipinski definition) is 4. The molecule has 0 saturated carbocycles. The fourth-order valence-corrected chi connectivity index (χ4v) is 7.36. The van der Waals surface area contributed by atoms with E-state index < -0.39 is 40.6 Å². The number of nitrogens with zero attached hydrogens (tertiary/aromatic N) is 5. The van der Waals surface area contributed by atoms with E-state index in [0.29, 0.717) is 30.4 Å². The molecule has 242 valence electrons. The summed E-state index contributed by atoms with van der Waals surface area (Å²) in [5, 5.41) is 24.0. The van der Waals surface area contributed by atoms with Crippen molar-refractivity contribution in [1.82, 2.24) is 19.9 Å². The fourth-order valence-electron chi connectivity index (χ4n) is 6.13. The molecule has 0 radical (unpaired) electrons. The molecule has 0 spiro atoms. The Balaban J connectivity index is 1.58. The molecular weight excluding hydrogens is 653 g/mol. The van der Waals surface area contributed by atoms with E-state index in [1.165, 1.54) is 12.3 Å². The molecular formula is C32H28ClF3N8O2S. The summed E-state index contributed by atoms with van der Waals surface area (Å²) in [6.45, 7) is 4.09. The van der Waals surface area contributed by atoms with Gasteiger partial charge in [0.15, 0.2) is 5.82 Å². The molecule has 3 aromatic heterocycles. The lowest BCUT2D eigenvalue weighted by atomic mass is 9.96. The van der Waals surface area contributed by atoms with Crippen molar-refractivity contribution in [2.75, 3.05) is 30.4 Å². The Bertz CT molecular complexity index is 2140.